The number of hydrogen-bond donors (Lipinski definition) is 2. The van der Waals surface area contributed by atoms with Crippen molar-refractivity contribution in [2.24, 2.45) is 0 Å². The van der Waals surface area contributed by atoms with E-state index in [0.717, 1.165) is 9.78 Å². The van der Waals surface area contributed by atoms with Gasteiger partial charge in [0.1, 0.15) is 5.60 Å². The monoisotopic (exact) mass is 462 g/mol. The average molecular weight is 463 g/mol. The summed E-state index contributed by atoms with van der Waals surface area (Å²) in [6.45, 7) is 6.01. The Morgan fingerprint density at radius 1 is 1.38 bits per heavy atom. The number of nitrogens with one attached hydrogen (secondary N) is 2. The summed E-state index contributed by atoms with van der Waals surface area (Å²) in [5.74, 6) is -1.16. The molecule has 32 heavy (non-hydrogen) atoms. The first kappa shape index (κ1) is 22.6. The van der Waals surface area contributed by atoms with Gasteiger partial charge in [-0.3, -0.25) is 4.79 Å². The Morgan fingerprint density at radius 3 is 2.81 bits per heavy atom. The third-order valence-corrected chi connectivity index (χ3v) is 6.30. The smallest absolute Gasteiger partial charge is 0.417 e. The van der Waals surface area contributed by atoms with Gasteiger partial charge in [-0.05, 0) is 45.7 Å². The molecule has 1 fully saturated rings. The highest BCUT2D eigenvalue weighted by Crippen LogP contribution is 2.38. The van der Waals surface area contributed by atoms with Gasteiger partial charge in [0, 0.05) is 18.2 Å². The van der Waals surface area contributed by atoms with E-state index in [0.29, 0.717) is 25.3 Å². The molecule has 0 saturated carbocycles. The average Bonchev–Trinajstić information content (AvgIpc) is 3.38. The number of amides is 2. The van der Waals surface area contributed by atoms with Crippen molar-refractivity contribution in [3.63, 3.8) is 0 Å². The summed E-state index contributed by atoms with van der Waals surface area (Å²) in [5.41, 5.74) is -0.159. The number of pyridine rings is 1. The Labute approximate surface area is 190 Å². The van der Waals surface area contributed by atoms with Gasteiger partial charge in [0.2, 0.25) is 0 Å². The lowest BCUT2D eigenvalue weighted by atomic mass is 10.0. The predicted octanol–water partition coefficient (Wildman–Crippen LogP) is 3.63. The number of carbonyl (C=O) groups is 2. The van der Waals surface area contributed by atoms with Gasteiger partial charge in [-0.15, -0.1) is 11.3 Å². The number of nitrogens with zero attached hydrogens (tertiary/aromatic N) is 2. The van der Waals surface area contributed by atoms with Gasteiger partial charge < -0.3 is 20.1 Å². The van der Waals surface area contributed by atoms with E-state index >= 15 is 4.39 Å². The van der Waals surface area contributed by atoms with Crippen LogP contribution in [0.2, 0.25) is 0 Å². The number of anilines is 1. The Balaban J connectivity index is 1.74. The number of hydrogen-bond acceptors (Lipinski definition) is 8. The molecule has 1 saturated heterocycles. The molecular weight excluding hydrogens is 435 g/mol. The molecule has 0 bridgehead atoms. The Bertz CT molecular complexity index is 1020. The third kappa shape index (κ3) is 4.35. The van der Waals surface area contributed by atoms with Crippen LogP contribution < -0.4 is 10.6 Å². The number of halogens is 1. The number of likely N-dealkylation sites (N-methyl/N-ethyl adjacent to an activating group) is 1. The van der Waals surface area contributed by atoms with Gasteiger partial charge in [0.25, 0.3) is 5.91 Å². The van der Waals surface area contributed by atoms with Crippen molar-refractivity contribution in [3.8, 4) is 10.6 Å². The van der Waals surface area contributed by atoms with Crippen molar-refractivity contribution >= 4 is 29.2 Å². The van der Waals surface area contributed by atoms with E-state index < -0.39 is 23.4 Å². The summed E-state index contributed by atoms with van der Waals surface area (Å²) >= 11 is 1.40. The standard InChI is InChI=1S/C22H27FN4O4S/c1-22(2,3)31-21(29)27-10-12-16(20(27)28)18(15-6-5-9-32-15)26-19(17(12)23)25-13-7-8-30-11-14(13)24-4/h5-6,9,13-14,24H,7-8,10-11H2,1-4H3,(H,25,26). The van der Waals surface area contributed by atoms with Gasteiger partial charge in [-0.1, -0.05) is 6.07 Å². The highest BCUT2D eigenvalue weighted by atomic mass is 32.1. The normalized spacial score (nSPS) is 20.9. The first-order chi connectivity index (χ1) is 15.2. The minimum atomic E-state index is -0.801. The molecule has 0 aliphatic carbocycles. The number of fused-ring (bicyclic) bond motifs is 1. The summed E-state index contributed by atoms with van der Waals surface area (Å²) in [4.78, 5) is 32.0. The first-order valence-electron chi connectivity index (χ1n) is 10.5. The number of aromatic nitrogens is 1. The zero-order valence-corrected chi connectivity index (χ0v) is 19.3. The number of thiophene rings is 1. The fourth-order valence-corrected chi connectivity index (χ4v) is 4.60. The molecule has 2 atom stereocenters. The van der Waals surface area contributed by atoms with Crippen molar-refractivity contribution in [2.45, 2.75) is 51.4 Å². The van der Waals surface area contributed by atoms with Crippen molar-refractivity contribution in [1.82, 2.24) is 15.2 Å². The Kier molecular flexibility index (Phi) is 6.19. The molecule has 2 amide bonds. The van der Waals surface area contributed by atoms with Crippen LogP contribution in [-0.4, -0.2) is 59.8 Å². The Hall–Kier alpha value is -2.56. The van der Waals surface area contributed by atoms with Crippen molar-refractivity contribution < 1.29 is 23.5 Å². The largest absolute Gasteiger partial charge is 0.443 e. The van der Waals surface area contributed by atoms with E-state index in [-0.39, 0.29) is 35.6 Å². The number of ether oxygens (including phenoxy) is 2. The molecule has 2 aromatic heterocycles. The first-order valence-corrected chi connectivity index (χ1v) is 11.4. The second kappa shape index (κ2) is 8.76. The fourth-order valence-electron chi connectivity index (χ4n) is 3.88. The van der Waals surface area contributed by atoms with E-state index in [2.05, 4.69) is 15.6 Å². The summed E-state index contributed by atoms with van der Waals surface area (Å²) < 4.78 is 26.5. The van der Waals surface area contributed by atoms with Crippen molar-refractivity contribution in [1.29, 1.82) is 0 Å². The van der Waals surface area contributed by atoms with Crippen LogP contribution in [0, 0.1) is 5.82 Å². The number of carbonyl (C=O) groups excluding carboxylic acids is 2. The summed E-state index contributed by atoms with van der Waals surface area (Å²) in [6, 6.07) is 3.56. The zero-order chi connectivity index (χ0) is 23.0. The molecule has 0 spiro atoms. The quantitative estimate of drug-likeness (QED) is 0.717. The maximum Gasteiger partial charge on any atom is 0.417 e. The van der Waals surface area contributed by atoms with Gasteiger partial charge >= 0.3 is 6.09 Å². The zero-order valence-electron chi connectivity index (χ0n) is 18.5. The molecule has 8 nitrogen and oxygen atoms in total. The highest BCUT2D eigenvalue weighted by molar-refractivity contribution is 7.13. The topological polar surface area (TPSA) is 92.8 Å². The second-order valence-corrected chi connectivity index (χ2v) is 9.78. The van der Waals surface area contributed by atoms with Crippen LogP contribution in [0.1, 0.15) is 43.1 Å². The molecule has 2 aliphatic heterocycles. The molecule has 0 radical (unpaired) electrons. The summed E-state index contributed by atoms with van der Waals surface area (Å²) in [7, 11) is 1.83. The van der Waals surface area contributed by atoms with Crippen LogP contribution in [0.15, 0.2) is 17.5 Å². The van der Waals surface area contributed by atoms with E-state index in [1.807, 2.05) is 24.6 Å². The predicted molar refractivity (Wildman–Crippen MR) is 119 cm³/mol. The van der Waals surface area contributed by atoms with E-state index in [4.69, 9.17) is 9.47 Å². The highest BCUT2D eigenvalue weighted by Gasteiger charge is 2.41. The molecule has 0 aromatic carbocycles. The third-order valence-electron chi connectivity index (χ3n) is 5.43. The van der Waals surface area contributed by atoms with E-state index in [9.17, 15) is 9.59 Å². The minimum absolute atomic E-state index is 0.0108. The molecule has 2 unspecified atom stereocenters. The lowest BCUT2D eigenvalue weighted by Crippen LogP contribution is -2.49. The van der Waals surface area contributed by atoms with Gasteiger partial charge in [-0.2, -0.15) is 0 Å². The van der Waals surface area contributed by atoms with Crippen molar-refractivity contribution in [2.75, 3.05) is 25.6 Å². The van der Waals surface area contributed by atoms with Gasteiger partial charge in [-0.25, -0.2) is 19.1 Å². The Morgan fingerprint density at radius 2 is 2.16 bits per heavy atom. The lowest BCUT2D eigenvalue weighted by molar-refractivity contribution is 0.0247. The molecular formula is C22H27FN4O4S. The number of rotatable bonds is 4. The van der Waals surface area contributed by atoms with Crippen LogP contribution in [0.3, 0.4) is 0 Å². The number of imide groups is 1. The maximum atomic E-state index is 15.6. The minimum Gasteiger partial charge on any atom is -0.443 e. The molecule has 4 heterocycles. The van der Waals surface area contributed by atoms with Crippen LogP contribution in [0.5, 0.6) is 0 Å². The summed E-state index contributed by atoms with van der Waals surface area (Å²) in [6.07, 6.45) is -0.120. The van der Waals surface area contributed by atoms with Crippen molar-refractivity contribution in [3.05, 3.63) is 34.5 Å². The fraction of sp³-hybridized carbons (Fsp3) is 0.500. The second-order valence-electron chi connectivity index (χ2n) is 8.84. The van der Waals surface area contributed by atoms with Gasteiger partial charge in [0.15, 0.2) is 11.6 Å². The SMILES string of the molecule is CNC1COCCC1Nc1nc(-c2cccs2)c2c(c1F)CN(C(=O)OC(C)(C)C)C2=O. The molecule has 10 heteroatoms. The maximum absolute atomic E-state index is 15.6. The van der Waals surface area contributed by atoms with E-state index in [1.54, 1.807) is 20.8 Å². The molecule has 4 rings (SSSR count). The van der Waals surface area contributed by atoms with Crippen LogP contribution in [0.4, 0.5) is 15.0 Å². The van der Waals surface area contributed by atoms with Crippen LogP contribution in [0.25, 0.3) is 10.6 Å². The van der Waals surface area contributed by atoms with E-state index in [1.165, 1.54) is 11.3 Å². The molecule has 2 N–H and O–H groups in total. The van der Waals surface area contributed by atoms with Crippen LogP contribution >= 0.6 is 11.3 Å². The molecule has 2 aromatic rings. The molecule has 2 aliphatic rings. The molecule has 172 valence electrons. The van der Waals surface area contributed by atoms with Gasteiger partial charge in [0.05, 0.1) is 35.3 Å². The lowest BCUT2D eigenvalue weighted by Gasteiger charge is -2.32. The summed E-state index contributed by atoms with van der Waals surface area (Å²) in [5, 5.41) is 8.25. The van der Waals surface area contributed by atoms with Crippen LogP contribution in [-0.2, 0) is 16.0 Å².